The Kier molecular flexibility index (Phi) is 9.79. The lowest BCUT2D eigenvalue weighted by atomic mass is 10.1. The van der Waals surface area contributed by atoms with Crippen molar-refractivity contribution in [3.8, 4) is 5.75 Å². The maximum atomic E-state index is 11.9. The Balaban J connectivity index is 2.09. The molecule has 2 rings (SSSR count). The molecule has 166 valence electrons. The van der Waals surface area contributed by atoms with Crippen molar-refractivity contribution >= 4 is 5.78 Å². The molecule has 0 amide bonds. The van der Waals surface area contributed by atoms with Crippen LogP contribution in [0.15, 0.2) is 45.0 Å². The zero-order valence-electron chi connectivity index (χ0n) is 17.8. The number of carbonyl (C=O) groups is 1. The minimum atomic E-state index is -0.457. The third-order valence-electron chi connectivity index (χ3n) is 4.97. The first kappa shape index (κ1) is 23.9. The van der Waals surface area contributed by atoms with E-state index in [0.717, 1.165) is 25.9 Å². The number of aliphatic hydroxyl groups excluding tert-OH is 1. The fraction of sp³-hybridized carbons (Fsp3) is 0.545. The molecule has 0 aromatic carbocycles. The molecule has 0 radical (unpaired) electrons. The highest BCUT2D eigenvalue weighted by atomic mass is 16.5. The van der Waals surface area contributed by atoms with Crippen LogP contribution in [0.1, 0.15) is 32.4 Å². The number of nitrogens with zero attached hydrogens (tertiary/aromatic N) is 2. The van der Waals surface area contributed by atoms with Gasteiger partial charge in [0.15, 0.2) is 11.5 Å². The van der Waals surface area contributed by atoms with Crippen molar-refractivity contribution in [3.05, 3.63) is 51.8 Å². The molecule has 1 aliphatic rings. The summed E-state index contributed by atoms with van der Waals surface area (Å²) in [5.41, 5.74) is 0.160. The normalized spacial score (nSPS) is 18.7. The van der Waals surface area contributed by atoms with Crippen LogP contribution in [-0.4, -0.2) is 71.7 Å². The second-order valence-electron chi connectivity index (χ2n) is 7.42. The molecule has 0 bridgehead atoms. The van der Waals surface area contributed by atoms with Gasteiger partial charge in [-0.3, -0.25) is 19.4 Å². The summed E-state index contributed by atoms with van der Waals surface area (Å²) < 4.78 is 11.0. The molecule has 0 spiro atoms. The minimum Gasteiger partial charge on any atom is -0.504 e. The van der Waals surface area contributed by atoms with E-state index in [0.29, 0.717) is 45.0 Å². The number of hydrogen-bond acceptors (Lipinski definition) is 8. The Bertz CT molecular complexity index is 814. The van der Waals surface area contributed by atoms with Gasteiger partial charge in [0.1, 0.15) is 0 Å². The Morgan fingerprint density at radius 2 is 1.83 bits per heavy atom. The molecule has 1 aromatic rings. The molecule has 1 fully saturated rings. The lowest BCUT2D eigenvalue weighted by molar-refractivity contribution is -0.113. The maximum absolute atomic E-state index is 11.9. The molecule has 30 heavy (non-hydrogen) atoms. The third-order valence-corrected chi connectivity index (χ3v) is 4.97. The monoisotopic (exact) mass is 420 g/mol. The first-order valence-corrected chi connectivity index (χ1v) is 10.3. The molecule has 0 atom stereocenters. The van der Waals surface area contributed by atoms with Gasteiger partial charge >= 0.3 is 0 Å². The molecule has 8 heteroatoms. The lowest BCUT2D eigenvalue weighted by Crippen LogP contribution is -2.37. The van der Waals surface area contributed by atoms with Gasteiger partial charge in [-0.2, -0.15) is 0 Å². The summed E-state index contributed by atoms with van der Waals surface area (Å²) >= 11 is 0. The van der Waals surface area contributed by atoms with Gasteiger partial charge in [-0.25, -0.2) is 0 Å². The summed E-state index contributed by atoms with van der Waals surface area (Å²) in [5.74, 6) is -0.722. The van der Waals surface area contributed by atoms with Crippen molar-refractivity contribution in [2.45, 2.75) is 33.2 Å². The smallest absolute Gasteiger partial charge is 0.226 e. The van der Waals surface area contributed by atoms with Crippen LogP contribution in [0.25, 0.3) is 0 Å². The summed E-state index contributed by atoms with van der Waals surface area (Å²) in [5, 5.41) is 20.2. The Morgan fingerprint density at radius 3 is 2.53 bits per heavy atom. The van der Waals surface area contributed by atoms with Crippen LogP contribution < -0.4 is 5.43 Å². The molecule has 8 nitrogen and oxygen atoms in total. The number of carbonyl (C=O) groups excluding carboxylic acids is 1. The van der Waals surface area contributed by atoms with E-state index in [4.69, 9.17) is 9.15 Å². The topological polar surface area (TPSA) is 103 Å². The van der Waals surface area contributed by atoms with E-state index < -0.39 is 11.2 Å². The predicted octanol–water partition coefficient (Wildman–Crippen LogP) is 2.24. The number of rotatable bonds is 6. The molecule has 1 aliphatic heterocycles. The fourth-order valence-electron chi connectivity index (χ4n) is 3.32. The molecule has 0 saturated carbocycles. The Hall–Kier alpha value is -2.42. The van der Waals surface area contributed by atoms with Crippen molar-refractivity contribution < 1.29 is 24.2 Å². The van der Waals surface area contributed by atoms with Crippen molar-refractivity contribution in [1.29, 1.82) is 0 Å². The van der Waals surface area contributed by atoms with Gasteiger partial charge in [0.05, 0.1) is 12.8 Å². The van der Waals surface area contributed by atoms with Crippen molar-refractivity contribution in [1.82, 2.24) is 9.80 Å². The van der Waals surface area contributed by atoms with Crippen molar-refractivity contribution in [3.63, 3.8) is 0 Å². The molecular formula is C22H32N2O6. The summed E-state index contributed by atoms with van der Waals surface area (Å²) in [6.45, 7) is 8.42. The van der Waals surface area contributed by atoms with E-state index >= 15 is 0 Å². The Labute approximate surface area is 177 Å². The fourth-order valence-corrected chi connectivity index (χ4v) is 3.32. The number of allylic oxidation sites excluding steroid dienone is 2. The van der Waals surface area contributed by atoms with Crippen LogP contribution in [-0.2, 0) is 16.1 Å². The summed E-state index contributed by atoms with van der Waals surface area (Å²) in [6.07, 6.45) is 5.92. The number of aromatic hydroxyl groups is 1. The zero-order chi connectivity index (χ0) is 21.9. The first-order valence-electron chi connectivity index (χ1n) is 10.3. The van der Waals surface area contributed by atoms with Gasteiger partial charge in [-0.05, 0) is 38.3 Å². The predicted molar refractivity (Wildman–Crippen MR) is 114 cm³/mol. The van der Waals surface area contributed by atoms with Gasteiger partial charge in [0, 0.05) is 52.0 Å². The van der Waals surface area contributed by atoms with Gasteiger partial charge in [0.25, 0.3) is 0 Å². The average Bonchev–Trinajstić information content (AvgIpc) is 2.77. The van der Waals surface area contributed by atoms with E-state index in [1.54, 1.807) is 19.9 Å². The lowest BCUT2D eigenvalue weighted by Gasteiger charge is -2.27. The quantitative estimate of drug-likeness (QED) is 0.533. The molecule has 1 saturated heterocycles. The van der Waals surface area contributed by atoms with Crippen molar-refractivity contribution in [2.24, 2.45) is 0 Å². The Morgan fingerprint density at radius 1 is 1.17 bits per heavy atom. The largest absolute Gasteiger partial charge is 0.504 e. The molecule has 0 aliphatic carbocycles. The molecular weight excluding hydrogens is 388 g/mol. The maximum Gasteiger partial charge on any atom is 0.226 e. The molecule has 2 heterocycles. The summed E-state index contributed by atoms with van der Waals surface area (Å²) in [6, 6.07) is 1.19. The minimum absolute atomic E-state index is 0.216. The van der Waals surface area contributed by atoms with Crippen LogP contribution in [0.5, 0.6) is 5.75 Å². The van der Waals surface area contributed by atoms with Gasteiger partial charge in [-0.15, -0.1) is 0 Å². The third kappa shape index (κ3) is 7.44. The van der Waals surface area contributed by atoms with Crippen LogP contribution >= 0.6 is 0 Å². The SMILES string of the molecule is C/C=C\C(=O)/C(O)=C(\C)CN1CCCOCCCN(Cc2occc(=O)c2O)CC1. The molecule has 1 aromatic heterocycles. The summed E-state index contributed by atoms with van der Waals surface area (Å²) in [4.78, 5) is 27.8. The van der Waals surface area contributed by atoms with Crippen LogP contribution in [0.4, 0.5) is 0 Å². The highest BCUT2D eigenvalue weighted by Crippen LogP contribution is 2.15. The van der Waals surface area contributed by atoms with E-state index in [2.05, 4.69) is 9.80 Å². The van der Waals surface area contributed by atoms with Gasteiger partial charge in [-0.1, -0.05) is 6.08 Å². The van der Waals surface area contributed by atoms with Gasteiger partial charge < -0.3 is 19.4 Å². The number of ether oxygens (including phenoxy) is 1. The molecule has 0 unspecified atom stereocenters. The number of ketones is 1. The van der Waals surface area contributed by atoms with E-state index in [9.17, 15) is 19.8 Å². The second-order valence-corrected chi connectivity index (χ2v) is 7.42. The van der Waals surface area contributed by atoms with E-state index in [1.807, 2.05) is 0 Å². The summed E-state index contributed by atoms with van der Waals surface area (Å²) in [7, 11) is 0. The number of hydrogen-bond donors (Lipinski definition) is 2. The first-order chi connectivity index (χ1) is 14.4. The van der Waals surface area contributed by atoms with Crippen LogP contribution in [0, 0.1) is 0 Å². The van der Waals surface area contributed by atoms with E-state index in [1.165, 1.54) is 18.4 Å². The average molecular weight is 421 g/mol. The zero-order valence-corrected chi connectivity index (χ0v) is 17.8. The van der Waals surface area contributed by atoms with Crippen LogP contribution in [0.2, 0.25) is 0 Å². The van der Waals surface area contributed by atoms with E-state index in [-0.39, 0.29) is 17.3 Å². The van der Waals surface area contributed by atoms with Gasteiger partial charge in [0.2, 0.25) is 17.0 Å². The number of aliphatic hydroxyl groups is 1. The highest BCUT2D eigenvalue weighted by molar-refractivity contribution is 6.02. The second kappa shape index (κ2) is 12.3. The molecule has 2 N–H and O–H groups in total. The highest BCUT2D eigenvalue weighted by Gasteiger charge is 2.17. The van der Waals surface area contributed by atoms with Crippen LogP contribution in [0.3, 0.4) is 0 Å². The standard InChI is InChI=1S/C22H32N2O6/c1-3-6-18(25)21(27)17(2)15-23-8-4-12-29-13-5-9-24(11-10-23)16-20-22(28)19(26)7-14-30-20/h3,6-7,14,27-28H,4-5,8-13,15-16H2,1-2H3/b6-3-,21-17-. The van der Waals surface area contributed by atoms with Crippen molar-refractivity contribution in [2.75, 3.05) is 45.9 Å².